The summed E-state index contributed by atoms with van der Waals surface area (Å²) in [6, 6.07) is 13.3. The van der Waals surface area contributed by atoms with E-state index in [1.54, 1.807) is 25.1 Å². The van der Waals surface area contributed by atoms with Crippen LogP contribution in [-0.2, 0) is 21.2 Å². The molecule has 0 radical (unpaired) electrons. The number of hydrogen-bond donors (Lipinski definition) is 3. The van der Waals surface area contributed by atoms with Crippen molar-refractivity contribution in [2.75, 3.05) is 24.9 Å². The second kappa shape index (κ2) is 12.9. The van der Waals surface area contributed by atoms with Gasteiger partial charge in [-0.25, -0.2) is 8.42 Å². The van der Waals surface area contributed by atoms with Crippen molar-refractivity contribution >= 4 is 50.7 Å². The van der Waals surface area contributed by atoms with Gasteiger partial charge in [-0.05, 0) is 67.9 Å². The fraction of sp³-hybridized carbons (Fsp3) is 0.231. The van der Waals surface area contributed by atoms with Crippen molar-refractivity contribution in [2.45, 2.75) is 25.2 Å². The van der Waals surface area contributed by atoms with Crippen LogP contribution in [-0.4, -0.2) is 40.4 Å². The molecule has 0 heterocycles. The van der Waals surface area contributed by atoms with E-state index in [9.17, 15) is 18.0 Å². The number of benzene rings is 3. The van der Waals surface area contributed by atoms with E-state index in [1.807, 2.05) is 6.92 Å². The average molecular weight is 580 g/mol. The van der Waals surface area contributed by atoms with Crippen molar-refractivity contribution in [2.24, 2.45) is 0 Å². The summed E-state index contributed by atoms with van der Waals surface area (Å²) in [5.74, 6) is 0.163. The maximum absolute atomic E-state index is 13.2. The van der Waals surface area contributed by atoms with E-state index < -0.39 is 15.9 Å². The summed E-state index contributed by atoms with van der Waals surface area (Å²) in [5, 5.41) is 5.61. The number of carbonyl (C=O) groups is 2. The summed E-state index contributed by atoms with van der Waals surface area (Å²) in [7, 11) is -2.75. The van der Waals surface area contributed by atoms with Crippen LogP contribution >= 0.6 is 23.2 Å². The van der Waals surface area contributed by atoms with Crippen LogP contribution in [0.25, 0.3) is 0 Å². The highest BCUT2D eigenvalue weighted by Crippen LogP contribution is 2.38. The zero-order valence-electron chi connectivity index (χ0n) is 20.9. The molecule has 3 N–H and O–H groups in total. The Bertz CT molecular complexity index is 1450. The predicted octanol–water partition coefficient (Wildman–Crippen LogP) is 5.02. The molecule has 0 spiro atoms. The molecule has 0 bridgehead atoms. The molecule has 0 aromatic heterocycles. The molecule has 0 aliphatic carbocycles. The topological polar surface area (TPSA) is 123 Å². The summed E-state index contributed by atoms with van der Waals surface area (Å²) < 4.78 is 40.3. The van der Waals surface area contributed by atoms with Crippen molar-refractivity contribution < 1.29 is 27.5 Å². The largest absolute Gasteiger partial charge is 0.493 e. The van der Waals surface area contributed by atoms with E-state index >= 15 is 0 Å². The molecule has 0 aliphatic rings. The molecule has 12 heteroatoms. The molecular formula is C26H27Cl2N3O6S. The third-order valence-electron chi connectivity index (χ3n) is 5.19. The van der Waals surface area contributed by atoms with Gasteiger partial charge in [0.05, 0.1) is 24.2 Å². The van der Waals surface area contributed by atoms with Gasteiger partial charge < -0.3 is 20.1 Å². The number of carbonyl (C=O) groups excluding carboxylic acids is 2. The Morgan fingerprint density at radius 2 is 1.58 bits per heavy atom. The highest BCUT2D eigenvalue weighted by Gasteiger charge is 2.22. The minimum atomic E-state index is -4.20. The van der Waals surface area contributed by atoms with E-state index in [4.69, 9.17) is 32.7 Å². The van der Waals surface area contributed by atoms with Crippen molar-refractivity contribution in [3.8, 4) is 17.2 Å². The standard InChI is InChI=1S/C26H27Cl2N3O6S/c1-4-29-25(32)13-16-6-9-22(23(12-16)36-3)37-21-10-7-17(26(33)30-5-2)14-20(21)31-38(34,35)24-11-8-18(27)15-19(24)28/h6-12,14-15,31H,4-5,13H2,1-3H3,(H,29,32)(H,30,33). The Hall–Kier alpha value is -3.47. The van der Waals surface area contributed by atoms with Crippen LogP contribution in [0.1, 0.15) is 29.8 Å². The van der Waals surface area contributed by atoms with E-state index in [2.05, 4.69) is 15.4 Å². The van der Waals surface area contributed by atoms with Crippen LogP contribution in [0.4, 0.5) is 5.69 Å². The molecule has 202 valence electrons. The van der Waals surface area contributed by atoms with Crippen LogP contribution in [0.15, 0.2) is 59.5 Å². The molecule has 0 unspecified atom stereocenters. The molecule has 3 aromatic carbocycles. The van der Waals surface area contributed by atoms with Crippen LogP contribution in [0.2, 0.25) is 10.0 Å². The van der Waals surface area contributed by atoms with Gasteiger partial charge in [0.15, 0.2) is 17.2 Å². The first-order chi connectivity index (χ1) is 18.1. The number of rotatable bonds is 11. The minimum absolute atomic E-state index is 0.00628. The lowest BCUT2D eigenvalue weighted by Gasteiger charge is -2.17. The third kappa shape index (κ3) is 7.31. The van der Waals surface area contributed by atoms with Gasteiger partial charge in [-0.1, -0.05) is 29.3 Å². The van der Waals surface area contributed by atoms with E-state index in [1.165, 1.54) is 43.5 Å². The van der Waals surface area contributed by atoms with Gasteiger partial charge in [0.1, 0.15) is 4.90 Å². The molecule has 3 aromatic rings. The van der Waals surface area contributed by atoms with E-state index in [0.29, 0.717) is 24.4 Å². The van der Waals surface area contributed by atoms with Crippen molar-refractivity contribution in [1.29, 1.82) is 0 Å². The molecular weight excluding hydrogens is 553 g/mol. The van der Waals surface area contributed by atoms with Gasteiger partial charge in [0.2, 0.25) is 5.91 Å². The summed E-state index contributed by atoms with van der Waals surface area (Å²) in [4.78, 5) is 24.2. The van der Waals surface area contributed by atoms with Gasteiger partial charge in [0, 0.05) is 23.7 Å². The number of halogens is 2. The van der Waals surface area contributed by atoms with Gasteiger partial charge >= 0.3 is 0 Å². The van der Waals surface area contributed by atoms with E-state index in [0.717, 1.165) is 0 Å². The maximum atomic E-state index is 13.2. The molecule has 2 amide bonds. The summed E-state index contributed by atoms with van der Waals surface area (Å²) in [5.41, 5.74) is 0.904. The smallest absolute Gasteiger partial charge is 0.263 e. The summed E-state index contributed by atoms with van der Waals surface area (Å²) >= 11 is 12.1. The van der Waals surface area contributed by atoms with Crippen LogP contribution in [0, 0.1) is 0 Å². The SMILES string of the molecule is CCNC(=O)Cc1ccc(Oc2ccc(C(=O)NCC)cc2NS(=O)(=O)c2ccc(Cl)cc2Cl)c(OC)c1. The zero-order chi connectivity index (χ0) is 27.9. The summed E-state index contributed by atoms with van der Waals surface area (Å²) in [6.45, 7) is 4.50. The second-order valence-corrected chi connectivity index (χ2v) is 10.5. The van der Waals surface area contributed by atoms with Crippen LogP contribution in [0.3, 0.4) is 0 Å². The van der Waals surface area contributed by atoms with Gasteiger partial charge in [-0.3, -0.25) is 14.3 Å². The Labute approximate surface area is 231 Å². The predicted molar refractivity (Wildman–Crippen MR) is 147 cm³/mol. The van der Waals surface area contributed by atoms with Crippen LogP contribution < -0.4 is 24.8 Å². The first-order valence-electron chi connectivity index (χ1n) is 11.6. The van der Waals surface area contributed by atoms with Crippen molar-refractivity contribution in [3.63, 3.8) is 0 Å². The van der Waals surface area contributed by atoms with Gasteiger partial charge in [-0.15, -0.1) is 0 Å². The minimum Gasteiger partial charge on any atom is -0.493 e. The number of amides is 2. The number of sulfonamides is 1. The molecule has 0 fully saturated rings. The summed E-state index contributed by atoms with van der Waals surface area (Å²) in [6.07, 6.45) is 0.151. The quantitative estimate of drug-likeness (QED) is 0.293. The highest BCUT2D eigenvalue weighted by molar-refractivity contribution is 7.92. The monoisotopic (exact) mass is 579 g/mol. The van der Waals surface area contributed by atoms with Gasteiger partial charge in [-0.2, -0.15) is 0 Å². The second-order valence-electron chi connectivity index (χ2n) is 7.97. The molecule has 38 heavy (non-hydrogen) atoms. The molecule has 3 rings (SSSR count). The fourth-order valence-corrected chi connectivity index (χ4v) is 5.30. The first-order valence-corrected chi connectivity index (χ1v) is 13.8. The first kappa shape index (κ1) is 29.1. The zero-order valence-corrected chi connectivity index (χ0v) is 23.3. The molecule has 0 aliphatic heterocycles. The van der Waals surface area contributed by atoms with Crippen molar-refractivity contribution in [1.82, 2.24) is 10.6 Å². The number of nitrogens with one attached hydrogen (secondary N) is 3. The normalized spacial score (nSPS) is 11.0. The van der Waals surface area contributed by atoms with Crippen LogP contribution in [0.5, 0.6) is 17.2 Å². The fourth-order valence-electron chi connectivity index (χ4n) is 3.47. The molecule has 9 nitrogen and oxygen atoms in total. The highest BCUT2D eigenvalue weighted by atomic mass is 35.5. The Balaban J connectivity index is 2.01. The molecule has 0 atom stereocenters. The Morgan fingerprint density at radius 1 is 0.868 bits per heavy atom. The Morgan fingerprint density at radius 3 is 2.24 bits per heavy atom. The lowest BCUT2D eigenvalue weighted by Crippen LogP contribution is -2.24. The lowest BCUT2D eigenvalue weighted by molar-refractivity contribution is -0.120. The van der Waals surface area contributed by atoms with Crippen molar-refractivity contribution in [3.05, 3.63) is 75.8 Å². The maximum Gasteiger partial charge on any atom is 0.263 e. The van der Waals surface area contributed by atoms with E-state index in [-0.39, 0.29) is 50.0 Å². The number of ether oxygens (including phenoxy) is 2. The third-order valence-corrected chi connectivity index (χ3v) is 7.28. The molecule has 0 saturated heterocycles. The lowest BCUT2D eigenvalue weighted by atomic mass is 10.1. The number of likely N-dealkylation sites (N-methyl/N-ethyl adjacent to an activating group) is 1. The molecule has 0 saturated carbocycles. The average Bonchev–Trinajstić information content (AvgIpc) is 2.85. The number of anilines is 1. The number of methoxy groups -OCH3 is 1. The Kier molecular flexibility index (Phi) is 9.84. The number of hydrogen-bond acceptors (Lipinski definition) is 6. The van der Waals surface area contributed by atoms with Gasteiger partial charge in [0.25, 0.3) is 15.9 Å².